The molecule has 20 heavy (non-hydrogen) atoms. The second-order valence-corrected chi connectivity index (χ2v) is 6.85. The zero-order valence-electron chi connectivity index (χ0n) is 11.1. The maximum absolute atomic E-state index is 11.6. The minimum Gasteiger partial charge on any atom is -0.481 e. The van der Waals surface area contributed by atoms with Crippen molar-refractivity contribution >= 4 is 27.3 Å². The predicted octanol–water partition coefficient (Wildman–Crippen LogP) is 1.20. The smallest absolute Gasteiger partial charge is 0.284 e. The highest BCUT2D eigenvalue weighted by Crippen LogP contribution is 2.16. The van der Waals surface area contributed by atoms with Gasteiger partial charge in [0.25, 0.3) is 5.91 Å². The summed E-state index contributed by atoms with van der Waals surface area (Å²) in [4.78, 5) is 16.4. The number of rotatable bonds is 7. The van der Waals surface area contributed by atoms with Crippen LogP contribution in [0.3, 0.4) is 0 Å². The van der Waals surface area contributed by atoms with Crippen LogP contribution in [-0.4, -0.2) is 39.0 Å². The minimum absolute atomic E-state index is 0.113. The second-order valence-electron chi connectivity index (χ2n) is 4.16. The van der Waals surface area contributed by atoms with Gasteiger partial charge in [-0.3, -0.25) is 9.63 Å². The molecular formula is C12H16ClNO5S. The third-order valence-corrected chi connectivity index (χ3v) is 3.38. The molecule has 1 aromatic rings. The fourth-order valence-corrected chi connectivity index (χ4v) is 1.68. The molecule has 0 radical (unpaired) electrons. The molecule has 8 heteroatoms. The van der Waals surface area contributed by atoms with E-state index in [1.165, 1.54) is 0 Å². The van der Waals surface area contributed by atoms with Crippen LogP contribution >= 0.6 is 11.6 Å². The first-order valence-electron chi connectivity index (χ1n) is 5.79. The van der Waals surface area contributed by atoms with Crippen molar-refractivity contribution in [1.82, 2.24) is 5.48 Å². The number of sulfone groups is 1. The Labute approximate surface area is 122 Å². The maximum Gasteiger partial charge on any atom is 0.284 e. The number of carbonyl (C=O) groups excluding carboxylic acids is 1. The number of ether oxygens (including phenoxy) is 1. The summed E-state index contributed by atoms with van der Waals surface area (Å²) in [5.41, 5.74) is 2.13. The molecule has 112 valence electrons. The van der Waals surface area contributed by atoms with Crippen molar-refractivity contribution in [3.8, 4) is 5.75 Å². The second kappa shape index (κ2) is 7.47. The lowest BCUT2D eigenvalue weighted by Gasteiger charge is -2.14. The van der Waals surface area contributed by atoms with Gasteiger partial charge in [-0.15, -0.1) is 0 Å². The van der Waals surface area contributed by atoms with E-state index in [1.54, 1.807) is 31.2 Å². The van der Waals surface area contributed by atoms with Crippen molar-refractivity contribution in [1.29, 1.82) is 0 Å². The Balaban J connectivity index is 2.34. The van der Waals surface area contributed by atoms with Gasteiger partial charge in [-0.2, -0.15) is 0 Å². The van der Waals surface area contributed by atoms with Crippen molar-refractivity contribution in [2.45, 2.75) is 13.0 Å². The Morgan fingerprint density at radius 3 is 2.50 bits per heavy atom. The highest BCUT2D eigenvalue weighted by atomic mass is 35.5. The van der Waals surface area contributed by atoms with Gasteiger partial charge >= 0.3 is 0 Å². The third-order valence-electron chi connectivity index (χ3n) is 2.22. The largest absolute Gasteiger partial charge is 0.481 e. The molecule has 1 amide bonds. The number of hydrogen-bond acceptors (Lipinski definition) is 5. The van der Waals surface area contributed by atoms with E-state index in [9.17, 15) is 13.2 Å². The highest BCUT2D eigenvalue weighted by molar-refractivity contribution is 7.90. The standard InChI is InChI=1S/C12H16ClNO5S/c1-9(19-11-5-3-10(13)4-6-11)12(15)14-18-7-8-20(2,16)17/h3-6,9H,7-8H2,1-2H3,(H,14,15). The van der Waals surface area contributed by atoms with Crippen molar-refractivity contribution in [2.75, 3.05) is 18.6 Å². The molecule has 0 heterocycles. The normalized spacial score (nSPS) is 12.8. The molecule has 6 nitrogen and oxygen atoms in total. The van der Waals surface area contributed by atoms with E-state index in [-0.39, 0.29) is 12.4 Å². The Morgan fingerprint density at radius 2 is 1.95 bits per heavy atom. The average molecular weight is 322 g/mol. The summed E-state index contributed by atoms with van der Waals surface area (Å²) >= 11 is 5.73. The molecule has 0 aromatic heterocycles. The topological polar surface area (TPSA) is 81.7 Å². The van der Waals surface area contributed by atoms with Crippen molar-refractivity contribution in [3.63, 3.8) is 0 Å². The lowest BCUT2D eigenvalue weighted by atomic mass is 10.3. The molecule has 0 saturated heterocycles. The Bertz CT molecular complexity index is 543. The molecule has 1 unspecified atom stereocenters. The van der Waals surface area contributed by atoms with Gasteiger partial charge in [-0.1, -0.05) is 11.6 Å². The lowest BCUT2D eigenvalue weighted by molar-refractivity contribution is -0.139. The van der Waals surface area contributed by atoms with E-state index in [1.807, 2.05) is 0 Å². The van der Waals surface area contributed by atoms with Crippen LogP contribution in [0.15, 0.2) is 24.3 Å². The summed E-state index contributed by atoms with van der Waals surface area (Å²) in [6.07, 6.45) is 0.305. The molecule has 0 aliphatic heterocycles. The molecule has 0 aliphatic carbocycles. The third kappa shape index (κ3) is 6.74. The van der Waals surface area contributed by atoms with Crippen LogP contribution in [0.2, 0.25) is 5.02 Å². The van der Waals surface area contributed by atoms with Crippen LogP contribution in [0.1, 0.15) is 6.92 Å². The van der Waals surface area contributed by atoms with Crippen LogP contribution in [0.25, 0.3) is 0 Å². The van der Waals surface area contributed by atoms with E-state index in [2.05, 4.69) is 5.48 Å². The van der Waals surface area contributed by atoms with Crippen LogP contribution in [-0.2, 0) is 19.5 Å². The average Bonchev–Trinajstić information content (AvgIpc) is 2.36. The minimum atomic E-state index is -3.11. The Kier molecular flexibility index (Phi) is 6.25. The summed E-state index contributed by atoms with van der Waals surface area (Å²) in [5, 5.41) is 0.568. The Morgan fingerprint density at radius 1 is 1.35 bits per heavy atom. The van der Waals surface area contributed by atoms with Crippen molar-refractivity contribution in [2.24, 2.45) is 0 Å². The number of hydroxylamine groups is 1. The van der Waals surface area contributed by atoms with Crippen LogP contribution in [0.5, 0.6) is 5.75 Å². The zero-order chi connectivity index (χ0) is 15.2. The van der Waals surface area contributed by atoms with E-state index in [0.717, 1.165) is 6.26 Å². The van der Waals surface area contributed by atoms with Gasteiger partial charge in [0.1, 0.15) is 15.6 Å². The predicted molar refractivity (Wildman–Crippen MR) is 75.3 cm³/mol. The van der Waals surface area contributed by atoms with Gasteiger partial charge in [0.05, 0.1) is 12.4 Å². The summed E-state index contributed by atoms with van der Waals surface area (Å²) in [7, 11) is -3.11. The number of carbonyl (C=O) groups is 1. The van der Waals surface area contributed by atoms with Crippen LogP contribution in [0, 0.1) is 0 Å². The molecule has 0 fully saturated rings. The van der Waals surface area contributed by atoms with Crippen LogP contribution < -0.4 is 10.2 Å². The zero-order valence-corrected chi connectivity index (χ0v) is 12.7. The monoisotopic (exact) mass is 321 g/mol. The molecule has 0 spiro atoms. The fraction of sp³-hybridized carbons (Fsp3) is 0.417. The fourth-order valence-electron chi connectivity index (χ4n) is 1.17. The number of hydrogen-bond donors (Lipinski definition) is 1. The number of amides is 1. The van der Waals surface area contributed by atoms with Gasteiger partial charge in [-0.05, 0) is 31.2 Å². The molecule has 1 aromatic carbocycles. The highest BCUT2D eigenvalue weighted by Gasteiger charge is 2.15. The van der Waals surface area contributed by atoms with Gasteiger partial charge in [0, 0.05) is 11.3 Å². The van der Waals surface area contributed by atoms with E-state index < -0.39 is 21.8 Å². The molecule has 0 saturated carbocycles. The van der Waals surface area contributed by atoms with E-state index in [0.29, 0.717) is 10.8 Å². The summed E-state index contributed by atoms with van der Waals surface area (Å²) in [5.74, 6) is -0.179. The molecule has 0 aliphatic rings. The number of benzene rings is 1. The quantitative estimate of drug-likeness (QED) is 0.603. The van der Waals surface area contributed by atoms with Gasteiger partial charge in [0.15, 0.2) is 6.10 Å². The molecule has 1 N–H and O–H groups in total. The van der Waals surface area contributed by atoms with Gasteiger partial charge < -0.3 is 4.74 Å². The van der Waals surface area contributed by atoms with Gasteiger partial charge in [0.2, 0.25) is 0 Å². The first kappa shape index (κ1) is 16.7. The Hall–Kier alpha value is -1.31. The summed E-state index contributed by atoms with van der Waals surface area (Å²) < 4.78 is 27.1. The number of nitrogens with one attached hydrogen (secondary N) is 1. The first-order valence-corrected chi connectivity index (χ1v) is 8.23. The van der Waals surface area contributed by atoms with Crippen molar-refractivity contribution < 1.29 is 22.8 Å². The lowest BCUT2D eigenvalue weighted by Crippen LogP contribution is -2.37. The van der Waals surface area contributed by atoms with Crippen molar-refractivity contribution in [3.05, 3.63) is 29.3 Å². The van der Waals surface area contributed by atoms with E-state index in [4.69, 9.17) is 21.2 Å². The number of halogens is 1. The van der Waals surface area contributed by atoms with E-state index >= 15 is 0 Å². The summed E-state index contributed by atoms with van der Waals surface area (Å²) in [6, 6.07) is 6.56. The molecular weight excluding hydrogens is 306 g/mol. The molecule has 1 atom stereocenters. The maximum atomic E-state index is 11.6. The summed E-state index contributed by atoms with van der Waals surface area (Å²) in [6.45, 7) is 1.43. The molecule has 0 bridgehead atoms. The molecule has 1 rings (SSSR count). The first-order chi connectivity index (χ1) is 9.28. The van der Waals surface area contributed by atoms with Gasteiger partial charge in [-0.25, -0.2) is 13.9 Å². The van der Waals surface area contributed by atoms with Crippen LogP contribution in [0.4, 0.5) is 0 Å². The SMILES string of the molecule is CC(Oc1ccc(Cl)cc1)C(=O)NOCCS(C)(=O)=O.